The Balaban J connectivity index is 1.79. The molecule has 1 saturated carbocycles. The highest BCUT2D eigenvalue weighted by Crippen LogP contribution is 2.20. The van der Waals surface area contributed by atoms with Crippen LogP contribution in [0.4, 0.5) is 5.95 Å². The molecule has 3 N–H and O–H groups in total. The highest BCUT2D eigenvalue weighted by molar-refractivity contribution is 5.43. The first kappa shape index (κ1) is 9.59. The van der Waals surface area contributed by atoms with E-state index in [4.69, 9.17) is 5.73 Å². The number of hydrogen-bond acceptors (Lipinski definition) is 4. The molecule has 84 valence electrons. The van der Waals surface area contributed by atoms with Crippen LogP contribution in [0.5, 0.6) is 0 Å². The third-order valence-corrected chi connectivity index (χ3v) is 3.05. The summed E-state index contributed by atoms with van der Waals surface area (Å²) in [6.45, 7) is 0. The molecule has 2 aromatic rings. The third-order valence-electron chi connectivity index (χ3n) is 3.05. The molecule has 0 radical (unpaired) electrons. The lowest BCUT2D eigenvalue weighted by Crippen LogP contribution is -2.21. The molecular weight excluding hydrogens is 202 g/mol. The van der Waals surface area contributed by atoms with E-state index >= 15 is 0 Å². The summed E-state index contributed by atoms with van der Waals surface area (Å²) in [7, 11) is 0. The monoisotopic (exact) mass is 217 g/mol. The van der Waals surface area contributed by atoms with Crippen LogP contribution in [0.15, 0.2) is 24.4 Å². The van der Waals surface area contributed by atoms with Gasteiger partial charge in [0.25, 0.3) is 0 Å². The van der Waals surface area contributed by atoms with E-state index in [-0.39, 0.29) is 0 Å². The number of nitrogens with one attached hydrogen (secondary N) is 1. The van der Waals surface area contributed by atoms with Crippen molar-refractivity contribution in [1.29, 1.82) is 0 Å². The zero-order chi connectivity index (χ0) is 11.0. The molecule has 1 aliphatic carbocycles. The first-order chi connectivity index (χ1) is 7.81. The average molecular weight is 217 g/mol. The van der Waals surface area contributed by atoms with Crippen molar-refractivity contribution in [2.45, 2.75) is 31.3 Å². The largest absolute Gasteiger partial charge is 0.350 e. The molecular formula is C11H15N5. The number of aromatic nitrogens is 3. The highest BCUT2D eigenvalue weighted by Gasteiger charge is 2.22. The molecule has 3 rings (SSSR count). The second-order valence-electron chi connectivity index (χ2n) is 4.35. The van der Waals surface area contributed by atoms with Gasteiger partial charge in [-0.3, -0.25) is 0 Å². The number of pyridine rings is 1. The van der Waals surface area contributed by atoms with Crippen LogP contribution in [0, 0.1) is 0 Å². The Hall–Kier alpha value is -1.62. The quantitative estimate of drug-likeness (QED) is 0.788. The Bertz CT molecular complexity index is 459. The molecule has 2 heterocycles. The van der Waals surface area contributed by atoms with Crippen molar-refractivity contribution in [3.63, 3.8) is 0 Å². The van der Waals surface area contributed by atoms with E-state index in [0.29, 0.717) is 18.0 Å². The lowest BCUT2D eigenvalue weighted by Gasteiger charge is -2.09. The van der Waals surface area contributed by atoms with Gasteiger partial charge >= 0.3 is 0 Å². The van der Waals surface area contributed by atoms with Crippen molar-refractivity contribution in [1.82, 2.24) is 14.6 Å². The Morgan fingerprint density at radius 2 is 2.31 bits per heavy atom. The molecule has 5 heteroatoms. The van der Waals surface area contributed by atoms with Gasteiger partial charge in [0.05, 0.1) is 0 Å². The number of nitrogens with two attached hydrogens (primary N) is 1. The Morgan fingerprint density at radius 3 is 3.06 bits per heavy atom. The van der Waals surface area contributed by atoms with Crippen LogP contribution in [0.2, 0.25) is 0 Å². The number of fused-ring (bicyclic) bond motifs is 1. The van der Waals surface area contributed by atoms with Crippen LogP contribution in [0.1, 0.15) is 19.3 Å². The van der Waals surface area contributed by atoms with Gasteiger partial charge in [-0.25, -0.2) is 4.52 Å². The molecule has 2 atom stereocenters. The first-order valence-electron chi connectivity index (χ1n) is 5.65. The van der Waals surface area contributed by atoms with Gasteiger partial charge in [-0.05, 0) is 31.4 Å². The van der Waals surface area contributed by atoms with Crippen LogP contribution in [0.3, 0.4) is 0 Å². The van der Waals surface area contributed by atoms with E-state index < -0.39 is 0 Å². The molecule has 0 aromatic carbocycles. The molecule has 1 aliphatic rings. The van der Waals surface area contributed by atoms with Crippen LogP contribution in [0.25, 0.3) is 5.65 Å². The van der Waals surface area contributed by atoms with E-state index in [2.05, 4.69) is 15.4 Å². The normalized spacial score (nSPS) is 25.1. The summed E-state index contributed by atoms with van der Waals surface area (Å²) in [5.74, 6) is 0.699. The molecule has 0 amide bonds. The highest BCUT2D eigenvalue weighted by atomic mass is 15.3. The van der Waals surface area contributed by atoms with E-state index in [9.17, 15) is 0 Å². The van der Waals surface area contributed by atoms with Crippen LogP contribution >= 0.6 is 0 Å². The van der Waals surface area contributed by atoms with Gasteiger partial charge in [0.15, 0.2) is 5.65 Å². The van der Waals surface area contributed by atoms with E-state index in [1.165, 1.54) is 0 Å². The predicted molar refractivity (Wildman–Crippen MR) is 62.2 cm³/mol. The smallest absolute Gasteiger partial charge is 0.243 e. The fraction of sp³-hybridized carbons (Fsp3) is 0.455. The minimum absolute atomic E-state index is 0.328. The number of anilines is 1. The molecule has 1 fully saturated rings. The minimum Gasteiger partial charge on any atom is -0.350 e. The molecule has 16 heavy (non-hydrogen) atoms. The maximum atomic E-state index is 5.87. The van der Waals surface area contributed by atoms with Crippen LogP contribution in [-0.4, -0.2) is 26.7 Å². The van der Waals surface area contributed by atoms with Crippen molar-refractivity contribution < 1.29 is 0 Å². The maximum Gasteiger partial charge on any atom is 0.243 e. The lowest BCUT2D eigenvalue weighted by molar-refractivity contribution is 0.685. The molecule has 0 bridgehead atoms. The van der Waals surface area contributed by atoms with Gasteiger partial charge in [-0.2, -0.15) is 4.98 Å². The third kappa shape index (κ3) is 1.74. The Kier molecular flexibility index (Phi) is 2.25. The number of nitrogens with zero attached hydrogens (tertiary/aromatic N) is 3. The Labute approximate surface area is 93.7 Å². The van der Waals surface area contributed by atoms with Crippen LogP contribution in [-0.2, 0) is 0 Å². The molecule has 0 spiro atoms. The zero-order valence-corrected chi connectivity index (χ0v) is 9.00. The summed E-state index contributed by atoms with van der Waals surface area (Å²) in [5.41, 5.74) is 6.74. The van der Waals surface area contributed by atoms with Gasteiger partial charge in [0.1, 0.15) is 0 Å². The van der Waals surface area contributed by atoms with Crippen molar-refractivity contribution in [3.8, 4) is 0 Å². The first-order valence-corrected chi connectivity index (χ1v) is 5.65. The SMILES string of the molecule is N[C@H]1CC[C@H](Nc2nc3ccccn3n2)C1. The summed E-state index contributed by atoms with van der Waals surface area (Å²) in [4.78, 5) is 4.40. The molecule has 5 nitrogen and oxygen atoms in total. The van der Waals surface area contributed by atoms with Gasteiger partial charge < -0.3 is 11.1 Å². The average Bonchev–Trinajstić information content (AvgIpc) is 2.84. The standard InChI is InChI=1S/C11H15N5/c12-8-4-5-9(7-8)13-11-14-10-3-1-2-6-16(10)15-11/h1-3,6,8-9H,4-5,7,12H2,(H,13,15)/t8-,9-/m0/s1. The number of hydrogen-bond donors (Lipinski definition) is 2. The minimum atomic E-state index is 0.328. The van der Waals surface area contributed by atoms with Gasteiger partial charge in [0.2, 0.25) is 5.95 Å². The topological polar surface area (TPSA) is 68.2 Å². The molecule has 0 saturated heterocycles. The summed E-state index contributed by atoms with van der Waals surface area (Å²) in [6.07, 6.45) is 5.10. The predicted octanol–water partition coefficient (Wildman–Crippen LogP) is 1.02. The van der Waals surface area contributed by atoms with Gasteiger partial charge in [0, 0.05) is 18.3 Å². The lowest BCUT2D eigenvalue weighted by atomic mass is 10.2. The van der Waals surface area contributed by atoms with Crippen molar-refractivity contribution >= 4 is 11.6 Å². The summed E-state index contributed by atoms with van der Waals surface area (Å²) in [5, 5.41) is 7.69. The van der Waals surface area contributed by atoms with Crippen molar-refractivity contribution in [3.05, 3.63) is 24.4 Å². The van der Waals surface area contributed by atoms with Gasteiger partial charge in [-0.1, -0.05) is 6.07 Å². The van der Waals surface area contributed by atoms with E-state index in [0.717, 1.165) is 24.9 Å². The number of rotatable bonds is 2. The Morgan fingerprint density at radius 1 is 1.38 bits per heavy atom. The van der Waals surface area contributed by atoms with Crippen molar-refractivity contribution in [2.75, 3.05) is 5.32 Å². The second kappa shape index (κ2) is 3.75. The molecule has 0 aliphatic heterocycles. The summed E-state index contributed by atoms with van der Waals surface area (Å²) < 4.78 is 1.78. The van der Waals surface area contributed by atoms with Crippen molar-refractivity contribution in [2.24, 2.45) is 5.73 Å². The fourth-order valence-corrected chi connectivity index (χ4v) is 2.22. The second-order valence-corrected chi connectivity index (χ2v) is 4.35. The van der Waals surface area contributed by atoms with Gasteiger partial charge in [-0.15, -0.1) is 5.10 Å². The zero-order valence-electron chi connectivity index (χ0n) is 9.00. The summed E-state index contributed by atoms with van der Waals surface area (Å²) in [6, 6.07) is 6.59. The summed E-state index contributed by atoms with van der Waals surface area (Å²) >= 11 is 0. The molecule has 2 aromatic heterocycles. The molecule has 0 unspecified atom stereocenters. The van der Waals surface area contributed by atoms with Crippen LogP contribution < -0.4 is 11.1 Å². The van der Waals surface area contributed by atoms with E-state index in [1.54, 1.807) is 4.52 Å². The van der Waals surface area contributed by atoms with E-state index in [1.807, 2.05) is 24.4 Å². The maximum absolute atomic E-state index is 5.87. The fourth-order valence-electron chi connectivity index (χ4n) is 2.22.